The van der Waals surface area contributed by atoms with Gasteiger partial charge in [-0.2, -0.15) is 0 Å². The van der Waals surface area contributed by atoms with E-state index in [9.17, 15) is 0 Å². The van der Waals surface area contributed by atoms with Gasteiger partial charge >= 0.3 is 0 Å². The van der Waals surface area contributed by atoms with Gasteiger partial charge in [0.05, 0.1) is 24.4 Å². The zero-order valence-corrected chi connectivity index (χ0v) is 19.4. The fourth-order valence-electron chi connectivity index (χ4n) is 5.36. The van der Waals surface area contributed by atoms with E-state index in [1.807, 2.05) is 0 Å². The molecule has 0 spiro atoms. The molecule has 0 amide bonds. The summed E-state index contributed by atoms with van der Waals surface area (Å²) < 4.78 is 13.2. The van der Waals surface area contributed by atoms with Gasteiger partial charge < -0.3 is 9.47 Å². The van der Waals surface area contributed by atoms with Crippen LogP contribution in [0.3, 0.4) is 0 Å². The molecule has 2 rings (SSSR count). The summed E-state index contributed by atoms with van der Waals surface area (Å²) in [7, 11) is 0. The van der Waals surface area contributed by atoms with Gasteiger partial charge in [0, 0.05) is 5.92 Å². The Morgan fingerprint density at radius 3 is 1.54 bits per heavy atom. The third-order valence-electron chi connectivity index (χ3n) is 7.14. The van der Waals surface area contributed by atoms with Gasteiger partial charge in [-0.1, -0.05) is 91.4 Å². The Morgan fingerprint density at radius 2 is 1.04 bits per heavy atom. The molecule has 2 nitrogen and oxygen atoms in total. The smallest absolute Gasteiger partial charge is 0.0632 e. The Kier molecular flexibility index (Phi) is 12.8. The summed E-state index contributed by atoms with van der Waals surface area (Å²) in [6.45, 7) is 6.89. The first-order valence-corrected chi connectivity index (χ1v) is 13.1. The van der Waals surface area contributed by atoms with Crippen LogP contribution >= 0.6 is 0 Å². The van der Waals surface area contributed by atoms with Crippen LogP contribution in [-0.4, -0.2) is 24.4 Å². The van der Waals surface area contributed by atoms with E-state index in [1.54, 1.807) is 0 Å². The van der Waals surface area contributed by atoms with Crippen molar-refractivity contribution in [1.29, 1.82) is 0 Å². The summed E-state index contributed by atoms with van der Waals surface area (Å²) in [5.41, 5.74) is 0. The van der Waals surface area contributed by atoms with Gasteiger partial charge in [-0.15, -0.1) is 0 Å². The molecule has 0 bridgehead atoms. The first-order valence-electron chi connectivity index (χ1n) is 13.1. The highest BCUT2D eigenvalue weighted by Crippen LogP contribution is 2.38. The largest absolute Gasteiger partial charge is 0.375 e. The van der Waals surface area contributed by atoms with Gasteiger partial charge in [0.25, 0.3) is 0 Å². The molecule has 2 fully saturated rings. The summed E-state index contributed by atoms with van der Waals surface area (Å²) in [5, 5.41) is 0. The lowest BCUT2D eigenvalue weighted by Crippen LogP contribution is -2.32. The summed E-state index contributed by atoms with van der Waals surface area (Å²) in [5.74, 6) is 0.647. The van der Waals surface area contributed by atoms with Crippen LogP contribution in [0.4, 0.5) is 0 Å². The molecule has 2 saturated heterocycles. The Hall–Kier alpha value is -0.0800. The quantitative estimate of drug-likeness (QED) is 0.245. The Bertz CT molecular complexity index is 341. The molecule has 0 aromatic carbocycles. The second-order valence-electron chi connectivity index (χ2n) is 9.61. The van der Waals surface area contributed by atoms with Crippen LogP contribution in [-0.2, 0) is 9.47 Å². The number of unbranched alkanes of at least 4 members (excludes halogenated alkanes) is 8. The summed E-state index contributed by atoms with van der Waals surface area (Å²) in [6, 6.07) is 0. The molecule has 28 heavy (non-hydrogen) atoms. The van der Waals surface area contributed by atoms with E-state index in [2.05, 4.69) is 20.8 Å². The maximum absolute atomic E-state index is 6.61. The highest BCUT2D eigenvalue weighted by molar-refractivity contribution is 4.88. The molecular formula is C26H50O2. The monoisotopic (exact) mass is 394 g/mol. The van der Waals surface area contributed by atoms with E-state index in [1.165, 1.54) is 116 Å². The predicted molar refractivity (Wildman–Crippen MR) is 121 cm³/mol. The third kappa shape index (κ3) is 8.74. The molecule has 2 heteroatoms. The average Bonchev–Trinajstić information content (AvgIpc) is 3.35. The molecule has 0 aromatic heterocycles. The third-order valence-corrected chi connectivity index (χ3v) is 7.14. The topological polar surface area (TPSA) is 18.5 Å². The van der Waals surface area contributed by atoms with Crippen molar-refractivity contribution in [2.45, 2.75) is 161 Å². The molecular weight excluding hydrogens is 344 g/mol. The molecule has 2 heterocycles. The number of ether oxygens (including phenoxy) is 2. The van der Waals surface area contributed by atoms with Gasteiger partial charge in [0.2, 0.25) is 0 Å². The van der Waals surface area contributed by atoms with Crippen LogP contribution in [0, 0.1) is 5.92 Å². The van der Waals surface area contributed by atoms with E-state index in [4.69, 9.17) is 9.47 Å². The summed E-state index contributed by atoms with van der Waals surface area (Å²) >= 11 is 0. The molecule has 0 aliphatic carbocycles. The van der Waals surface area contributed by atoms with Crippen LogP contribution in [0.15, 0.2) is 0 Å². The Labute approximate surface area is 176 Å². The molecule has 2 aliphatic heterocycles. The maximum Gasteiger partial charge on any atom is 0.0632 e. The van der Waals surface area contributed by atoms with Crippen molar-refractivity contribution in [2.75, 3.05) is 0 Å². The minimum absolute atomic E-state index is 0.470. The van der Waals surface area contributed by atoms with Crippen molar-refractivity contribution in [1.82, 2.24) is 0 Å². The van der Waals surface area contributed by atoms with E-state index in [-0.39, 0.29) is 0 Å². The first kappa shape index (κ1) is 24.2. The van der Waals surface area contributed by atoms with Crippen molar-refractivity contribution >= 4 is 0 Å². The molecule has 0 saturated carbocycles. The van der Waals surface area contributed by atoms with Crippen LogP contribution in [0.2, 0.25) is 0 Å². The van der Waals surface area contributed by atoms with Gasteiger partial charge in [0.1, 0.15) is 0 Å². The van der Waals surface area contributed by atoms with Crippen molar-refractivity contribution < 1.29 is 9.47 Å². The van der Waals surface area contributed by atoms with Crippen LogP contribution < -0.4 is 0 Å². The Balaban J connectivity index is 1.81. The molecule has 2 aliphatic rings. The van der Waals surface area contributed by atoms with Crippen LogP contribution in [0.25, 0.3) is 0 Å². The number of rotatable bonds is 16. The minimum Gasteiger partial charge on any atom is -0.375 e. The molecule has 166 valence electrons. The fraction of sp³-hybridized carbons (Fsp3) is 1.00. The molecule has 0 radical (unpaired) electrons. The van der Waals surface area contributed by atoms with E-state index >= 15 is 0 Å². The minimum atomic E-state index is 0.470. The lowest BCUT2D eigenvalue weighted by atomic mass is 9.87. The molecule has 0 N–H and O–H groups in total. The lowest BCUT2D eigenvalue weighted by Gasteiger charge is -2.29. The van der Waals surface area contributed by atoms with Gasteiger partial charge in [-0.3, -0.25) is 0 Å². The van der Waals surface area contributed by atoms with Crippen LogP contribution in [0.1, 0.15) is 136 Å². The van der Waals surface area contributed by atoms with E-state index in [0.29, 0.717) is 30.3 Å². The summed E-state index contributed by atoms with van der Waals surface area (Å²) in [4.78, 5) is 0. The SMILES string of the molecule is CCCCCCCC(C1CCC(CCCCC)O1)C1CCC(CCCCC)O1. The zero-order valence-electron chi connectivity index (χ0n) is 19.4. The van der Waals surface area contributed by atoms with Gasteiger partial charge in [0.15, 0.2) is 0 Å². The Morgan fingerprint density at radius 1 is 0.571 bits per heavy atom. The van der Waals surface area contributed by atoms with E-state index < -0.39 is 0 Å². The average molecular weight is 395 g/mol. The van der Waals surface area contributed by atoms with Crippen molar-refractivity contribution in [2.24, 2.45) is 5.92 Å². The molecule has 4 atom stereocenters. The van der Waals surface area contributed by atoms with E-state index in [0.717, 1.165) is 0 Å². The normalized spacial score (nSPS) is 28.8. The maximum atomic E-state index is 6.61. The zero-order chi connectivity index (χ0) is 20.0. The van der Waals surface area contributed by atoms with Crippen LogP contribution in [0.5, 0.6) is 0 Å². The van der Waals surface area contributed by atoms with Crippen molar-refractivity contribution in [3.05, 3.63) is 0 Å². The lowest BCUT2D eigenvalue weighted by molar-refractivity contribution is -0.0649. The second-order valence-corrected chi connectivity index (χ2v) is 9.61. The molecule has 0 aromatic rings. The van der Waals surface area contributed by atoms with Crippen molar-refractivity contribution in [3.63, 3.8) is 0 Å². The predicted octanol–water partition coefficient (Wildman–Crippen LogP) is 8.22. The number of hydrogen-bond acceptors (Lipinski definition) is 2. The highest BCUT2D eigenvalue weighted by Gasteiger charge is 2.39. The highest BCUT2D eigenvalue weighted by atomic mass is 16.5. The fourth-order valence-corrected chi connectivity index (χ4v) is 5.36. The van der Waals surface area contributed by atoms with Gasteiger partial charge in [-0.25, -0.2) is 0 Å². The van der Waals surface area contributed by atoms with Crippen molar-refractivity contribution in [3.8, 4) is 0 Å². The summed E-state index contributed by atoms with van der Waals surface area (Å²) in [6.07, 6.45) is 25.9. The number of hydrogen-bond donors (Lipinski definition) is 0. The molecule has 4 unspecified atom stereocenters. The second kappa shape index (κ2) is 14.8. The van der Waals surface area contributed by atoms with Gasteiger partial charge in [-0.05, 0) is 44.9 Å². The standard InChI is InChI=1S/C26H50O2/c1-4-7-10-11-14-17-24(25-20-18-22(27-25)15-12-8-5-2)26-21-19-23(28-26)16-13-9-6-3/h22-26H,4-21H2,1-3H3. The first-order chi connectivity index (χ1) is 13.8.